The van der Waals surface area contributed by atoms with Crippen LogP contribution in [0.5, 0.6) is 5.75 Å². The number of aromatic amines is 2. The lowest BCUT2D eigenvalue weighted by molar-refractivity contribution is 0.216. The van der Waals surface area contributed by atoms with E-state index in [9.17, 15) is 0 Å². The Bertz CT molecular complexity index is 1080. The number of hydrogen-bond donors (Lipinski definition) is 2. The molecule has 0 aliphatic carbocycles. The Morgan fingerprint density at radius 1 is 0.879 bits per heavy atom. The largest absolute Gasteiger partial charge is 0.494 e. The fourth-order valence-corrected chi connectivity index (χ4v) is 3.73. The van der Waals surface area contributed by atoms with Gasteiger partial charge in [0, 0.05) is 23.7 Å². The molecule has 0 radical (unpaired) electrons. The number of ether oxygens (including phenoxy) is 2. The Kier molecular flexibility index (Phi) is 8.23. The molecule has 2 N–H and O–H groups in total. The van der Waals surface area contributed by atoms with Crippen LogP contribution in [0.25, 0.3) is 6.08 Å². The molecule has 0 saturated heterocycles. The quantitative estimate of drug-likeness (QED) is 0.289. The van der Waals surface area contributed by atoms with Crippen LogP contribution in [0, 0.1) is 0 Å². The van der Waals surface area contributed by atoms with Crippen molar-refractivity contribution in [3.63, 3.8) is 0 Å². The molecule has 0 spiro atoms. The van der Waals surface area contributed by atoms with Crippen LogP contribution < -0.4 is 4.74 Å². The molecule has 4 rings (SSSR count). The zero-order valence-corrected chi connectivity index (χ0v) is 19.3. The van der Waals surface area contributed by atoms with Crippen LogP contribution in [-0.4, -0.2) is 28.9 Å². The summed E-state index contributed by atoms with van der Waals surface area (Å²) in [6.07, 6.45) is 12.5. The van der Waals surface area contributed by atoms with Gasteiger partial charge in [0.2, 0.25) is 0 Å². The molecule has 1 aliphatic heterocycles. The van der Waals surface area contributed by atoms with Gasteiger partial charge in [-0.3, -0.25) is 0 Å². The Morgan fingerprint density at radius 3 is 2.58 bits per heavy atom. The van der Waals surface area contributed by atoms with Gasteiger partial charge in [0.05, 0.1) is 24.6 Å². The summed E-state index contributed by atoms with van der Waals surface area (Å²) in [4.78, 5) is 11.6. The summed E-state index contributed by atoms with van der Waals surface area (Å²) >= 11 is 0. The van der Waals surface area contributed by atoms with Gasteiger partial charge >= 0.3 is 0 Å². The number of H-pyrrole nitrogens is 2. The SMILES string of the molecule is CCCCOC1=CC(c2ccc[nH]2)=N/C1=C\c1ccc(CCCCCOc2ccccc2)[nH]1. The summed E-state index contributed by atoms with van der Waals surface area (Å²) in [5, 5.41) is 0. The van der Waals surface area contributed by atoms with Crippen molar-refractivity contribution in [1.29, 1.82) is 0 Å². The first-order chi connectivity index (χ1) is 16.3. The minimum atomic E-state index is 0.706. The first kappa shape index (κ1) is 22.7. The second kappa shape index (κ2) is 12.0. The molecule has 5 heteroatoms. The van der Waals surface area contributed by atoms with Crippen LogP contribution in [0.15, 0.2) is 83.3 Å². The number of para-hydroxylation sites is 1. The first-order valence-electron chi connectivity index (χ1n) is 12.0. The van der Waals surface area contributed by atoms with Gasteiger partial charge in [-0.05, 0) is 74.6 Å². The molecule has 0 atom stereocenters. The molecule has 3 heterocycles. The number of aliphatic imine (C=N–C) groups is 1. The first-order valence-corrected chi connectivity index (χ1v) is 12.0. The van der Waals surface area contributed by atoms with E-state index in [0.717, 1.165) is 79.4 Å². The second-order valence-electron chi connectivity index (χ2n) is 8.23. The highest BCUT2D eigenvalue weighted by atomic mass is 16.5. The van der Waals surface area contributed by atoms with E-state index in [1.807, 2.05) is 54.7 Å². The second-order valence-corrected chi connectivity index (χ2v) is 8.23. The molecule has 1 aliphatic rings. The van der Waals surface area contributed by atoms with Gasteiger partial charge < -0.3 is 19.4 Å². The Morgan fingerprint density at radius 2 is 1.76 bits per heavy atom. The van der Waals surface area contributed by atoms with Gasteiger partial charge in [0.1, 0.15) is 17.2 Å². The topological polar surface area (TPSA) is 62.4 Å². The van der Waals surface area contributed by atoms with Crippen LogP contribution in [0.3, 0.4) is 0 Å². The Hall–Kier alpha value is -3.47. The number of unbranched alkanes of at least 4 members (excludes halogenated alkanes) is 3. The molecule has 2 aromatic heterocycles. The molecule has 3 aromatic rings. The summed E-state index contributed by atoms with van der Waals surface area (Å²) in [5.74, 6) is 1.78. The van der Waals surface area contributed by atoms with Crippen molar-refractivity contribution in [3.8, 4) is 5.75 Å². The van der Waals surface area contributed by atoms with E-state index >= 15 is 0 Å². The molecule has 0 amide bonds. The Balaban J connectivity index is 1.29. The van der Waals surface area contributed by atoms with Crippen LogP contribution >= 0.6 is 0 Å². The maximum absolute atomic E-state index is 6.04. The molecule has 0 fully saturated rings. The van der Waals surface area contributed by atoms with E-state index < -0.39 is 0 Å². The minimum absolute atomic E-state index is 0.706. The molecule has 0 bridgehead atoms. The summed E-state index contributed by atoms with van der Waals surface area (Å²) < 4.78 is 11.8. The monoisotopic (exact) mass is 443 g/mol. The predicted molar refractivity (Wildman–Crippen MR) is 135 cm³/mol. The molecule has 172 valence electrons. The highest BCUT2D eigenvalue weighted by Gasteiger charge is 2.18. The number of rotatable bonds is 13. The minimum Gasteiger partial charge on any atom is -0.494 e. The number of benzene rings is 1. The van der Waals surface area contributed by atoms with E-state index in [0.29, 0.717) is 6.61 Å². The molecule has 0 unspecified atom stereocenters. The van der Waals surface area contributed by atoms with Crippen molar-refractivity contribution >= 4 is 11.8 Å². The third-order valence-electron chi connectivity index (χ3n) is 5.55. The van der Waals surface area contributed by atoms with E-state index in [2.05, 4.69) is 35.1 Å². The lowest BCUT2D eigenvalue weighted by Crippen LogP contribution is -1.97. The van der Waals surface area contributed by atoms with Gasteiger partial charge in [0.15, 0.2) is 0 Å². The summed E-state index contributed by atoms with van der Waals surface area (Å²) in [7, 11) is 0. The van der Waals surface area contributed by atoms with Gasteiger partial charge in [-0.25, -0.2) is 4.99 Å². The van der Waals surface area contributed by atoms with Crippen molar-refractivity contribution in [2.75, 3.05) is 13.2 Å². The van der Waals surface area contributed by atoms with Crippen molar-refractivity contribution in [2.24, 2.45) is 4.99 Å². The third-order valence-corrected chi connectivity index (χ3v) is 5.55. The number of nitrogens with one attached hydrogen (secondary N) is 2. The van der Waals surface area contributed by atoms with Crippen LogP contribution in [0.2, 0.25) is 0 Å². The average molecular weight is 444 g/mol. The van der Waals surface area contributed by atoms with Crippen molar-refractivity contribution in [1.82, 2.24) is 9.97 Å². The van der Waals surface area contributed by atoms with Crippen LogP contribution in [-0.2, 0) is 11.2 Å². The van der Waals surface area contributed by atoms with Gasteiger partial charge in [-0.15, -0.1) is 0 Å². The van der Waals surface area contributed by atoms with E-state index in [1.54, 1.807) is 0 Å². The molecule has 0 saturated carbocycles. The number of aromatic nitrogens is 2. The predicted octanol–water partition coefficient (Wildman–Crippen LogP) is 6.68. The fraction of sp³-hybridized carbons (Fsp3) is 0.321. The molecular weight excluding hydrogens is 410 g/mol. The zero-order chi connectivity index (χ0) is 22.7. The zero-order valence-electron chi connectivity index (χ0n) is 19.3. The summed E-state index contributed by atoms with van der Waals surface area (Å²) in [6.45, 7) is 3.64. The number of hydrogen-bond acceptors (Lipinski definition) is 3. The van der Waals surface area contributed by atoms with E-state index in [-0.39, 0.29) is 0 Å². The fourth-order valence-electron chi connectivity index (χ4n) is 3.73. The highest BCUT2D eigenvalue weighted by Crippen LogP contribution is 2.25. The maximum atomic E-state index is 6.04. The van der Waals surface area contributed by atoms with Crippen molar-refractivity contribution in [2.45, 2.75) is 45.4 Å². The van der Waals surface area contributed by atoms with Crippen molar-refractivity contribution in [3.05, 3.63) is 95.4 Å². The molecule has 1 aromatic carbocycles. The summed E-state index contributed by atoms with van der Waals surface area (Å²) in [6, 6.07) is 18.3. The standard InChI is InChI=1S/C28H33N3O2/c1-2-3-18-33-28-21-26(25-14-10-17-29-25)31-27(28)20-23-16-15-22(30-23)11-6-5-9-19-32-24-12-7-4-8-13-24/h4,7-8,10,12-17,20-21,29-30H,2-3,5-6,9,11,18-19H2,1H3/b27-20-. The smallest absolute Gasteiger partial charge is 0.147 e. The maximum Gasteiger partial charge on any atom is 0.147 e. The Labute approximate surface area is 196 Å². The van der Waals surface area contributed by atoms with E-state index in [4.69, 9.17) is 14.5 Å². The normalized spacial score (nSPS) is 14.4. The van der Waals surface area contributed by atoms with Gasteiger partial charge in [0.25, 0.3) is 0 Å². The summed E-state index contributed by atoms with van der Waals surface area (Å²) in [5.41, 5.74) is 5.06. The molecule has 33 heavy (non-hydrogen) atoms. The molecular formula is C28H33N3O2. The third kappa shape index (κ3) is 6.75. The lowest BCUT2D eigenvalue weighted by Gasteiger charge is -2.06. The number of aryl methyl sites for hydroxylation is 1. The number of nitrogens with zero attached hydrogens (tertiary/aromatic N) is 1. The number of allylic oxidation sites excluding steroid dienone is 1. The highest BCUT2D eigenvalue weighted by molar-refractivity contribution is 6.11. The molecule has 5 nitrogen and oxygen atoms in total. The van der Waals surface area contributed by atoms with Gasteiger partial charge in [-0.1, -0.05) is 31.5 Å². The van der Waals surface area contributed by atoms with E-state index in [1.165, 1.54) is 5.69 Å². The lowest BCUT2D eigenvalue weighted by atomic mass is 10.1. The van der Waals surface area contributed by atoms with Crippen LogP contribution in [0.1, 0.15) is 56.1 Å². The van der Waals surface area contributed by atoms with Crippen molar-refractivity contribution < 1.29 is 9.47 Å². The van der Waals surface area contributed by atoms with Gasteiger partial charge in [-0.2, -0.15) is 0 Å². The van der Waals surface area contributed by atoms with Crippen LogP contribution in [0.4, 0.5) is 0 Å². The average Bonchev–Trinajstić information content (AvgIpc) is 3.59.